The first-order valence-corrected chi connectivity index (χ1v) is 11.2. The second kappa shape index (κ2) is 8.24. The monoisotopic (exact) mass is 411 g/mol. The molecule has 2 aromatic rings. The van der Waals surface area contributed by atoms with Crippen LogP contribution in [0.2, 0.25) is 0 Å². The van der Waals surface area contributed by atoms with Crippen molar-refractivity contribution in [2.75, 3.05) is 32.8 Å². The smallest absolute Gasteiger partial charge is 0.409 e. The molecule has 0 unspecified atom stereocenters. The first-order valence-electron chi connectivity index (χ1n) is 11.2. The Hall–Kier alpha value is -2.64. The Morgan fingerprint density at radius 1 is 1.03 bits per heavy atom. The van der Waals surface area contributed by atoms with E-state index in [0.717, 1.165) is 17.9 Å². The van der Waals surface area contributed by atoms with Crippen LogP contribution in [0.1, 0.15) is 48.9 Å². The molecule has 8 heteroatoms. The number of ether oxygens (including phenoxy) is 1. The van der Waals surface area contributed by atoms with Gasteiger partial charge in [-0.25, -0.2) is 4.79 Å². The van der Waals surface area contributed by atoms with Gasteiger partial charge in [-0.2, -0.15) is 0 Å². The van der Waals surface area contributed by atoms with Crippen LogP contribution in [0, 0.1) is 17.8 Å². The summed E-state index contributed by atoms with van der Waals surface area (Å²) in [5.74, 6) is 1.41. The van der Waals surface area contributed by atoms with Crippen molar-refractivity contribution >= 4 is 23.0 Å². The number of nitrogens with one attached hydrogen (secondary N) is 1. The number of carbonyl (C=O) groups excluding carboxylic acids is 2. The lowest BCUT2D eigenvalue weighted by Gasteiger charge is -2.23. The lowest BCUT2D eigenvalue weighted by atomic mass is 9.87. The van der Waals surface area contributed by atoms with Crippen LogP contribution in [-0.2, 0) is 4.74 Å². The van der Waals surface area contributed by atoms with Crippen molar-refractivity contribution in [3.8, 4) is 0 Å². The van der Waals surface area contributed by atoms with Gasteiger partial charge in [0.25, 0.3) is 5.91 Å². The maximum Gasteiger partial charge on any atom is 0.409 e. The van der Waals surface area contributed by atoms with Crippen molar-refractivity contribution in [2.45, 2.75) is 38.5 Å². The van der Waals surface area contributed by atoms with E-state index in [4.69, 9.17) is 4.74 Å². The number of aromatic nitrogens is 3. The maximum absolute atomic E-state index is 12.9. The summed E-state index contributed by atoms with van der Waals surface area (Å²) in [6.45, 7) is 3.26. The van der Waals surface area contributed by atoms with Gasteiger partial charge in [0.1, 0.15) is 5.52 Å². The Kier molecular flexibility index (Phi) is 5.31. The standard InChI is InChI=1S/C22H29N5O3/c28-21(16-6-7-19-20(10-16)24-25-23-19)26-11-17-13-27(14-18(17)12-26)22(29)30-9-8-15-4-2-1-3-5-15/h6-7,10,15,17-18H,1-5,8-9,11-14H2,(H,23,24,25)/t17-,18+. The molecule has 0 spiro atoms. The molecule has 1 aliphatic carbocycles. The third-order valence-corrected chi connectivity index (χ3v) is 7.08. The van der Waals surface area contributed by atoms with Crippen molar-refractivity contribution in [3.05, 3.63) is 23.8 Å². The minimum Gasteiger partial charge on any atom is -0.449 e. The number of nitrogens with zero attached hydrogens (tertiary/aromatic N) is 4. The van der Waals surface area contributed by atoms with Crippen molar-refractivity contribution < 1.29 is 14.3 Å². The highest BCUT2D eigenvalue weighted by molar-refractivity contribution is 5.97. The van der Waals surface area contributed by atoms with E-state index in [0.29, 0.717) is 55.7 Å². The Morgan fingerprint density at radius 3 is 2.53 bits per heavy atom. The molecule has 2 atom stereocenters. The second-order valence-electron chi connectivity index (χ2n) is 9.09. The van der Waals surface area contributed by atoms with Crippen molar-refractivity contribution in [1.29, 1.82) is 0 Å². The van der Waals surface area contributed by atoms with Gasteiger partial charge in [-0.3, -0.25) is 9.89 Å². The molecule has 1 saturated carbocycles. The van der Waals surface area contributed by atoms with Crippen molar-refractivity contribution in [2.24, 2.45) is 17.8 Å². The van der Waals surface area contributed by atoms with Gasteiger partial charge in [-0.1, -0.05) is 37.3 Å². The summed E-state index contributed by atoms with van der Waals surface area (Å²) in [7, 11) is 0. The van der Waals surface area contributed by atoms with E-state index >= 15 is 0 Å². The topological polar surface area (TPSA) is 91.4 Å². The second-order valence-corrected chi connectivity index (χ2v) is 9.09. The fraction of sp³-hybridized carbons (Fsp3) is 0.636. The van der Waals surface area contributed by atoms with Crippen LogP contribution in [0.4, 0.5) is 4.79 Å². The van der Waals surface area contributed by atoms with Gasteiger partial charge >= 0.3 is 6.09 Å². The predicted octanol–water partition coefficient (Wildman–Crippen LogP) is 3.07. The van der Waals surface area contributed by atoms with Crippen LogP contribution in [0.15, 0.2) is 18.2 Å². The van der Waals surface area contributed by atoms with Crippen LogP contribution < -0.4 is 0 Å². The molecule has 8 nitrogen and oxygen atoms in total. The summed E-state index contributed by atoms with van der Waals surface area (Å²) in [6, 6.07) is 5.43. The number of hydrogen-bond acceptors (Lipinski definition) is 5. The molecule has 3 aliphatic rings. The first-order chi connectivity index (χ1) is 14.7. The molecule has 3 fully saturated rings. The number of hydrogen-bond donors (Lipinski definition) is 1. The Morgan fingerprint density at radius 2 is 1.77 bits per heavy atom. The van der Waals surface area contributed by atoms with Crippen LogP contribution >= 0.6 is 0 Å². The van der Waals surface area contributed by atoms with E-state index < -0.39 is 0 Å². The largest absolute Gasteiger partial charge is 0.449 e. The number of aromatic amines is 1. The van der Waals surface area contributed by atoms with Gasteiger partial charge in [0.15, 0.2) is 0 Å². The molecule has 0 radical (unpaired) electrons. The number of fused-ring (bicyclic) bond motifs is 2. The molecule has 0 bridgehead atoms. The van der Waals surface area contributed by atoms with E-state index in [1.807, 2.05) is 21.9 Å². The van der Waals surface area contributed by atoms with Gasteiger partial charge in [0.2, 0.25) is 0 Å². The number of rotatable bonds is 4. The van der Waals surface area contributed by atoms with E-state index in [2.05, 4.69) is 15.4 Å². The molecule has 2 aliphatic heterocycles. The van der Waals surface area contributed by atoms with Gasteiger partial charge in [-0.05, 0) is 30.5 Å². The lowest BCUT2D eigenvalue weighted by molar-refractivity contribution is 0.0764. The van der Waals surface area contributed by atoms with Crippen molar-refractivity contribution in [1.82, 2.24) is 25.2 Å². The lowest BCUT2D eigenvalue weighted by Crippen LogP contribution is -2.36. The summed E-state index contributed by atoms with van der Waals surface area (Å²) in [5.41, 5.74) is 2.15. The fourth-order valence-corrected chi connectivity index (χ4v) is 5.35. The highest BCUT2D eigenvalue weighted by Gasteiger charge is 2.43. The third-order valence-electron chi connectivity index (χ3n) is 7.08. The fourth-order valence-electron chi connectivity index (χ4n) is 5.35. The average Bonchev–Trinajstić information content (AvgIpc) is 3.48. The molecular formula is C22H29N5O3. The van der Waals surface area contributed by atoms with Crippen molar-refractivity contribution in [3.63, 3.8) is 0 Å². The molecule has 160 valence electrons. The summed E-state index contributed by atoms with van der Waals surface area (Å²) < 4.78 is 5.56. The van der Waals surface area contributed by atoms with E-state index in [-0.39, 0.29) is 12.0 Å². The molecule has 1 aromatic carbocycles. The molecule has 1 aromatic heterocycles. The molecule has 2 saturated heterocycles. The summed E-state index contributed by atoms with van der Waals surface area (Å²) in [5, 5.41) is 10.6. The van der Waals surface area contributed by atoms with Gasteiger partial charge < -0.3 is 14.5 Å². The minimum absolute atomic E-state index is 0.0240. The Labute approximate surface area is 175 Å². The molecule has 2 amide bonds. The molecule has 3 heterocycles. The molecular weight excluding hydrogens is 382 g/mol. The van der Waals surface area contributed by atoms with Crippen LogP contribution in [0.3, 0.4) is 0 Å². The molecule has 1 N–H and O–H groups in total. The summed E-state index contributed by atoms with van der Waals surface area (Å²) in [6.07, 6.45) is 7.34. The summed E-state index contributed by atoms with van der Waals surface area (Å²) in [4.78, 5) is 29.1. The predicted molar refractivity (Wildman–Crippen MR) is 111 cm³/mol. The minimum atomic E-state index is -0.186. The third kappa shape index (κ3) is 3.87. The van der Waals surface area contributed by atoms with Gasteiger partial charge in [0.05, 0.1) is 12.1 Å². The zero-order valence-electron chi connectivity index (χ0n) is 17.3. The SMILES string of the molecule is O=C(OCCC1CCCCC1)N1C[C@@H]2CN(C(=O)c3ccc4[nH]nnc4c3)C[C@@H]2C1. The number of benzene rings is 1. The normalized spacial score (nSPS) is 24.4. The first kappa shape index (κ1) is 19.3. The highest BCUT2D eigenvalue weighted by Crippen LogP contribution is 2.32. The molecule has 30 heavy (non-hydrogen) atoms. The Balaban J connectivity index is 1.10. The quantitative estimate of drug-likeness (QED) is 0.835. The van der Waals surface area contributed by atoms with E-state index in [9.17, 15) is 9.59 Å². The highest BCUT2D eigenvalue weighted by atomic mass is 16.6. The zero-order valence-corrected chi connectivity index (χ0v) is 17.3. The van der Waals surface area contributed by atoms with Crippen LogP contribution in [-0.4, -0.2) is 70.0 Å². The van der Waals surface area contributed by atoms with Gasteiger partial charge in [0, 0.05) is 43.6 Å². The van der Waals surface area contributed by atoms with Crippen LogP contribution in [0.25, 0.3) is 11.0 Å². The summed E-state index contributed by atoms with van der Waals surface area (Å²) >= 11 is 0. The number of likely N-dealkylation sites (tertiary alicyclic amines) is 2. The number of amides is 2. The maximum atomic E-state index is 12.9. The Bertz CT molecular complexity index is 908. The molecule has 5 rings (SSSR count). The van der Waals surface area contributed by atoms with E-state index in [1.165, 1.54) is 32.1 Å². The average molecular weight is 412 g/mol. The number of H-pyrrole nitrogens is 1. The number of carbonyl (C=O) groups is 2. The van der Waals surface area contributed by atoms with E-state index in [1.54, 1.807) is 6.07 Å². The van der Waals surface area contributed by atoms with Crippen LogP contribution in [0.5, 0.6) is 0 Å². The zero-order chi connectivity index (χ0) is 20.5. The van der Waals surface area contributed by atoms with Gasteiger partial charge in [-0.15, -0.1) is 5.10 Å².